The highest BCUT2D eigenvalue weighted by atomic mass is 79.9. The van der Waals surface area contributed by atoms with Gasteiger partial charge in [0.15, 0.2) is 6.61 Å². The fraction of sp³-hybridized carbons (Fsp3) is 0.211. The predicted octanol–water partition coefficient (Wildman–Crippen LogP) is 2.68. The number of anilines is 1. The van der Waals surface area contributed by atoms with Gasteiger partial charge in [-0.25, -0.2) is 4.79 Å². The first-order valence-corrected chi connectivity index (χ1v) is 8.83. The van der Waals surface area contributed by atoms with E-state index in [0.29, 0.717) is 21.5 Å². The molecule has 0 unspecified atom stereocenters. The Kier molecular flexibility index (Phi) is 7.36. The van der Waals surface area contributed by atoms with Crippen molar-refractivity contribution in [2.24, 2.45) is 0 Å². The number of rotatable bonds is 7. The van der Waals surface area contributed by atoms with Crippen LogP contribution in [0, 0.1) is 6.92 Å². The number of halogens is 1. The number of aryl methyl sites for hydroxylation is 1. The topological polar surface area (TPSA) is 93.7 Å². The molecule has 0 saturated heterocycles. The van der Waals surface area contributed by atoms with Gasteiger partial charge in [0.2, 0.25) is 5.91 Å². The second-order valence-corrected chi connectivity index (χ2v) is 6.44. The van der Waals surface area contributed by atoms with Crippen LogP contribution in [0.4, 0.5) is 5.69 Å². The molecule has 0 saturated carbocycles. The van der Waals surface area contributed by atoms with Crippen molar-refractivity contribution in [1.82, 2.24) is 5.32 Å². The summed E-state index contributed by atoms with van der Waals surface area (Å²) < 4.78 is 10.7. The van der Waals surface area contributed by atoms with E-state index < -0.39 is 24.4 Å². The predicted molar refractivity (Wildman–Crippen MR) is 104 cm³/mol. The van der Waals surface area contributed by atoms with Crippen molar-refractivity contribution in [1.29, 1.82) is 0 Å². The van der Waals surface area contributed by atoms with Crippen molar-refractivity contribution in [2.45, 2.75) is 6.92 Å². The summed E-state index contributed by atoms with van der Waals surface area (Å²) in [5.41, 5.74) is 1.78. The summed E-state index contributed by atoms with van der Waals surface area (Å²) in [5.74, 6) is -1.12. The second kappa shape index (κ2) is 9.72. The van der Waals surface area contributed by atoms with E-state index in [1.54, 1.807) is 36.4 Å². The molecule has 2 N–H and O–H groups in total. The molecule has 0 fully saturated rings. The lowest BCUT2D eigenvalue weighted by Gasteiger charge is -2.11. The number of ether oxygens (including phenoxy) is 2. The normalized spacial score (nSPS) is 10.0. The minimum absolute atomic E-state index is 0.261. The van der Waals surface area contributed by atoms with Gasteiger partial charge in [-0.1, -0.05) is 18.2 Å². The fourth-order valence-corrected chi connectivity index (χ4v) is 2.63. The van der Waals surface area contributed by atoms with Gasteiger partial charge in [0, 0.05) is 4.47 Å². The maximum absolute atomic E-state index is 12.0. The first-order chi connectivity index (χ1) is 12.9. The molecule has 27 heavy (non-hydrogen) atoms. The third-order valence-corrected chi connectivity index (χ3v) is 4.19. The number of amides is 2. The van der Waals surface area contributed by atoms with Gasteiger partial charge < -0.3 is 20.1 Å². The maximum Gasteiger partial charge on any atom is 0.339 e. The van der Waals surface area contributed by atoms with Crippen LogP contribution >= 0.6 is 15.9 Å². The first-order valence-electron chi connectivity index (χ1n) is 8.03. The molecule has 8 heteroatoms. The Morgan fingerprint density at radius 3 is 2.52 bits per heavy atom. The lowest BCUT2D eigenvalue weighted by molar-refractivity contribution is -0.126. The van der Waals surface area contributed by atoms with Gasteiger partial charge in [-0.3, -0.25) is 9.59 Å². The summed E-state index contributed by atoms with van der Waals surface area (Å²) >= 11 is 3.24. The van der Waals surface area contributed by atoms with E-state index >= 15 is 0 Å². The molecular formula is C19H19BrN2O5. The van der Waals surface area contributed by atoms with Gasteiger partial charge in [0.25, 0.3) is 5.91 Å². The Bertz CT molecular complexity index is 854. The van der Waals surface area contributed by atoms with Crippen molar-refractivity contribution in [3.05, 3.63) is 58.1 Å². The second-order valence-electron chi connectivity index (χ2n) is 5.58. The van der Waals surface area contributed by atoms with E-state index in [2.05, 4.69) is 26.6 Å². The zero-order valence-corrected chi connectivity index (χ0v) is 16.5. The van der Waals surface area contributed by atoms with Crippen molar-refractivity contribution in [3.63, 3.8) is 0 Å². The molecule has 0 atom stereocenters. The Labute approximate surface area is 165 Å². The van der Waals surface area contributed by atoms with Crippen molar-refractivity contribution < 1.29 is 23.9 Å². The highest BCUT2D eigenvalue weighted by Crippen LogP contribution is 2.24. The zero-order valence-electron chi connectivity index (χ0n) is 14.9. The van der Waals surface area contributed by atoms with Crippen LogP contribution in [-0.4, -0.2) is 38.0 Å². The lowest BCUT2D eigenvalue weighted by Crippen LogP contribution is -2.35. The maximum atomic E-state index is 12.0. The Hall–Kier alpha value is -2.87. The standard InChI is InChI=1S/C19H19BrN2O5/c1-12-7-8-16(26-2)15(9-12)22-17(23)10-21-18(24)11-27-19(25)13-5-3-4-6-14(13)20/h3-9H,10-11H2,1-2H3,(H,21,24)(H,22,23). The average molecular weight is 435 g/mol. The van der Waals surface area contributed by atoms with Gasteiger partial charge in [0.05, 0.1) is 24.9 Å². The van der Waals surface area contributed by atoms with Crippen LogP contribution < -0.4 is 15.4 Å². The zero-order chi connectivity index (χ0) is 19.8. The molecule has 0 aliphatic rings. The third kappa shape index (κ3) is 6.10. The third-order valence-electron chi connectivity index (χ3n) is 3.50. The lowest BCUT2D eigenvalue weighted by atomic mass is 10.2. The van der Waals surface area contributed by atoms with Gasteiger partial charge in [0.1, 0.15) is 5.75 Å². The molecule has 0 spiro atoms. The molecule has 0 radical (unpaired) electrons. The van der Waals surface area contributed by atoms with E-state index in [1.807, 2.05) is 13.0 Å². The fourth-order valence-electron chi connectivity index (χ4n) is 2.18. The number of esters is 1. The van der Waals surface area contributed by atoms with Crippen molar-refractivity contribution in [3.8, 4) is 5.75 Å². The quantitative estimate of drug-likeness (QED) is 0.653. The molecule has 0 heterocycles. The average Bonchev–Trinajstić information content (AvgIpc) is 2.65. The minimum Gasteiger partial charge on any atom is -0.495 e. The van der Waals surface area contributed by atoms with Crippen molar-refractivity contribution >= 4 is 39.4 Å². The highest BCUT2D eigenvalue weighted by Gasteiger charge is 2.14. The molecule has 2 amide bonds. The number of hydrogen-bond acceptors (Lipinski definition) is 5. The van der Waals surface area contributed by atoms with E-state index in [4.69, 9.17) is 9.47 Å². The van der Waals surface area contributed by atoms with Crippen LogP contribution in [0.2, 0.25) is 0 Å². The summed E-state index contributed by atoms with van der Waals surface area (Å²) in [6.45, 7) is 1.14. The van der Waals surface area contributed by atoms with E-state index in [-0.39, 0.29) is 6.54 Å². The molecule has 2 aromatic rings. The first kappa shape index (κ1) is 20.4. The largest absolute Gasteiger partial charge is 0.495 e. The molecule has 0 aliphatic heterocycles. The number of benzene rings is 2. The molecule has 0 aliphatic carbocycles. The molecule has 0 bridgehead atoms. The Balaban J connectivity index is 1.80. The molecular weight excluding hydrogens is 416 g/mol. The Morgan fingerprint density at radius 1 is 1.07 bits per heavy atom. The molecule has 2 aromatic carbocycles. The number of methoxy groups -OCH3 is 1. The Morgan fingerprint density at radius 2 is 1.81 bits per heavy atom. The van der Waals surface area contributed by atoms with Gasteiger partial charge in [-0.05, 0) is 52.7 Å². The van der Waals surface area contributed by atoms with Crippen LogP contribution in [0.25, 0.3) is 0 Å². The van der Waals surface area contributed by atoms with E-state index in [0.717, 1.165) is 5.56 Å². The van der Waals surface area contributed by atoms with Crippen LogP contribution in [0.15, 0.2) is 46.9 Å². The van der Waals surface area contributed by atoms with Crippen LogP contribution in [0.1, 0.15) is 15.9 Å². The summed E-state index contributed by atoms with van der Waals surface area (Å²) in [6, 6.07) is 12.1. The molecule has 7 nitrogen and oxygen atoms in total. The number of hydrogen-bond donors (Lipinski definition) is 2. The number of carbonyl (C=O) groups is 3. The monoisotopic (exact) mass is 434 g/mol. The van der Waals surface area contributed by atoms with E-state index in [9.17, 15) is 14.4 Å². The molecule has 2 rings (SSSR count). The van der Waals surface area contributed by atoms with E-state index in [1.165, 1.54) is 7.11 Å². The molecule has 142 valence electrons. The van der Waals surface area contributed by atoms with Crippen LogP contribution in [-0.2, 0) is 14.3 Å². The summed E-state index contributed by atoms with van der Waals surface area (Å²) in [6.07, 6.45) is 0. The van der Waals surface area contributed by atoms with Crippen molar-refractivity contribution in [2.75, 3.05) is 25.6 Å². The van der Waals surface area contributed by atoms with Gasteiger partial charge in [-0.2, -0.15) is 0 Å². The van der Waals surface area contributed by atoms with Crippen LogP contribution in [0.5, 0.6) is 5.75 Å². The smallest absolute Gasteiger partial charge is 0.339 e. The van der Waals surface area contributed by atoms with Crippen LogP contribution in [0.3, 0.4) is 0 Å². The number of carbonyl (C=O) groups excluding carboxylic acids is 3. The minimum atomic E-state index is -0.633. The number of nitrogens with one attached hydrogen (secondary N) is 2. The van der Waals surface area contributed by atoms with Gasteiger partial charge in [-0.15, -0.1) is 0 Å². The summed E-state index contributed by atoms with van der Waals surface area (Å²) in [7, 11) is 1.50. The molecule has 0 aromatic heterocycles. The summed E-state index contributed by atoms with van der Waals surface area (Å²) in [5, 5.41) is 5.06. The SMILES string of the molecule is COc1ccc(C)cc1NC(=O)CNC(=O)COC(=O)c1ccccc1Br. The highest BCUT2D eigenvalue weighted by molar-refractivity contribution is 9.10. The summed E-state index contributed by atoms with van der Waals surface area (Å²) in [4.78, 5) is 35.7. The van der Waals surface area contributed by atoms with Gasteiger partial charge >= 0.3 is 5.97 Å².